The van der Waals surface area contributed by atoms with E-state index < -0.39 is 6.03 Å². The monoisotopic (exact) mass is 354 g/mol. The van der Waals surface area contributed by atoms with E-state index in [2.05, 4.69) is 38.1 Å². The molecule has 3 rings (SSSR count). The molecule has 0 bridgehead atoms. The van der Waals surface area contributed by atoms with Gasteiger partial charge in [0.15, 0.2) is 11.5 Å². The van der Waals surface area contributed by atoms with E-state index in [0.29, 0.717) is 19.5 Å². The van der Waals surface area contributed by atoms with Gasteiger partial charge in [0.05, 0.1) is 0 Å². The van der Waals surface area contributed by atoms with E-state index in [9.17, 15) is 9.59 Å². The number of nitrogens with one attached hydrogen (secondary N) is 3. The lowest BCUT2D eigenvalue weighted by Crippen LogP contribution is -2.37. The van der Waals surface area contributed by atoms with Crippen molar-refractivity contribution in [1.29, 1.82) is 0 Å². The zero-order valence-corrected chi connectivity index (χ0v) is 14.4. The molecular formula is C18H22N6O2. The molecule has 1 aromatic heterocycles. The third-order valence-corrected chi connectivity index (χ3v) is 4.20. The Kier molecular flexibility index (Phi) is 5.75. The van der Waals surface area contributed by atoms with Gasteiger partial charge >= 0.3 is 6.03 Å². The van der Waals surface area contributed by atoms with E-state index in [1.165, 1.54) is 23.5 Å². The van der Waals surface area contributed by atoms with E-state index in [1.807, 2.05) is 12.1 Å². The summed E-state index contributed by atoms with van der Waals surface area (Å²) in [5.41, 5.74) is 7.98. The van der Waals surface area contributed by atoms with E-state index in [0.717, 1.165) is 12.8 Å². The number of carbonyl (C=O) groups is 2. The fraction of sp³-hybridized carbons (Fsp3) is 0.333. The highest BCUT2D eigenvalue weighted by atomic mass is 16.2. The number of hydrogen-bond donors (Lipinski definition) is 4. The van der Waals surface area contributed by atoms with Crippen LogP contribution in [0.4, 0.5) is 10.6 Å². The first-order valence-electron chi connectivity index (χ1n) is 8.61. The highest BCUT2D eigenvalue weighted by Gasteiger charge is 2.25. The first-order chi connectivity index (χ1) is 12.7. The number of nitrogens with zero attached hydrogens (tertiary/aromatic N) is 2. The van der Waals surface area contributed by atoms with Gasteiger partial charge in [-0.15, -0.1) is 0 Å². The molecule has 0 spiro atoms. The molecule has 136 valence electrons. The Labute approximate surface area is 151 Å². The maximum absolute atomic E-state index is 12.6. The molecule has 0 radical (unpaired) electrons. The minimum Gasteiger partial charge on any atom is -0.347 e. The summed E-state index contributed by atoms with van der Waals surface area (Å²) < 4.78 is 0. The first-order valence-corrected chi connectivity index (χ1v) is 8.61. The number of anilines is 1. The van der Waals surface area contributed by atoms with Gasteiger partial charge in [0.1, 0.15) is 0 Å². The van der Waals surface area contributed by atoms with Crippen LogP contribution in [-0.4, -0.2) is 41.0 Å². The van der Waals surface area contributed by atoms with E-state index >= 15 is 0 Å². The molecule has 0 fully saturated rings. The van der Waals surface area contributed by atoms with Crippen LogP contribution < -0.4 is 21.7 Å². The molecule has 0 saturated heterocycles. The second kappa shape index (κ2) is 8.39. The normalized spacial score (nSPS) is 13.1. The van der Waals surface area contributed by atoms with Gasteiger partial charge in [-0.25, -0.2) is 14.8 Å². The van der Waals surface area contributed by atoms with Crippen LogP contribution in [0.5, 0.6) is 0 Å². The molecule has 1 aliphatic rings. The summed E-state index contributed by atoms with van der Waals surface area (Å²) >= 11 is 0. The van der Waals surface area contributed by atoms with Crippen molar-refractivity contribution in [3.63, 3.8) is 0 Å². The second-order valence-electron chi connectivity index (χ2n) is 6.12. The molecule has 8 heteroatoms. The molecule has 26 heavy (non-hydrogen) atoms. The fourth-order valence-corrected chi connectivity index (χ4v) is 2.97. The number of carbonyl (C=O) groups excluding carboxylic acids is 2. The lowest BCUT2D eigenvalue weighted by atomic mass is 10.1. The van der Waals surface area contributed by atoms with Gasteiger partial charge in [0, 0.05) is 25.0 Å². The number of benzene rings is 1. The highest BCUT2D eigenvalue weighted by Crippen LogP contribution is 2.22. The molecule has 1 aliphatic carbocycles. The van der Waals surface area contributed by atoms with Crippen molar-refractivity contribution >= 4 is 17.8 Å². The Balaban J connectivity index is 1.62. The number of nitrogens with two attached hydrogens (primary N) is 1. The van der Waals surface area contributed by atoms with Gasteiger partial charge in [-0.1, -0.05) is 24.3 Å². The molecule has 3 amide bonds. The fourth-order valence-electron chi connectivity index (χ4n) is 2.97. The largest absolute Gasteiger partial charge is 0.347 e. The number of hydrogen-bond acceptors (Lipinski definition) is 5. The van der Waals surface area contributed by atoms with Crippen molar-refractivity contribution in [2.75, 3.05) is 18.4 Å². The number of amides is 3. The maximum atomic E-state index is 12.6. The topological polar surface area (TPSA) is 122 Å². The second-order valence-corrected chi connectivity index (χ2v) is 6.12. The van der Waals surface area contributed by atoms with Crippen LogP contribution >= 0.6 is 0 Å². The summed E-state index contributed by atoms with van der Waals surface area (Å²) in [4.78, 5) is 32.6. The van der Waals surface area contributed by atoms with Gasteiger partial charge in [-0.3, -0.25) is 10.1 Å². The average molecular weight is 354 g/mol. The molecule has 1 aromatic carbocycles. The van der Waals surface area contributed by atoms with Crippen molar-refractivity contribution in [2.45, 2.75) is 25.3 Å². The predicted octanol–water partition coefficient (Wildman–Crippen LogP) is 0.844. The number of aromatic nitrogens is 2. The summed E-state index contributed by atoms with van der Waals surface area (Å²) in [7, 11) is 0. The Bertz CT molecular complexity index is 770. The molecule has 2 aromatic rings. The van der Waals surface area contributed by atoms with Crippen molar-refractivity contribution < 1.29 is 9.59 Å². The molecule has 5 N–H and O–H groups in total. The third-order valence-electron chi connectivity index (χ3n) is 4.20. The van der Waals surface area contributed by atoms with E-state index in [-0.39, 0.29) is 23.5 Å². The molecular weight excluding hydrogens is 332 g/mol. The summed E-state index contributed by atoms with van der Waals surface area (Å²) in [5, 5.41) is 8.20. The lowest BCUT2D eigenvalue weighted by molar-refractivity contribution is 0.0934. The summed E-state index contributed by atoms with van der Waals surface area (Å²) in [6, 6.07) is 7.70. The van der Waals surface area contributed by atoms with Crippen LogP contribution in [0, 0.1) is 0 Å². The molecule has 0 saturated carbocycles. The van der Waals surface area contributed by atoms with Crippen molar-refractivity contribution in [2.24, 2.45) is 5.73 Å². The van der Waals surface area contributed by atoms with Gasteiger partial charge in [-0.05, 0) is 36.9 Å². The Hall–Kier alpha value is -3.00. The summed E-state index contributed by atoms with van der Waals surface area (Å²) in [6.45, 7) is 0.938. The van der Waals surface area contributed by atoms with E-state index in [4.69, 9.17) is 5.73 Å². The maximum Gasteiger partial charge on any atom is 0.320 e. The number of fused-ring (bicyclic) bond motifs is 1. The van der Waals surface area contributed by atoms with E-state index in [1.54, 1.807) is 0 Å². The van der Waals surface area contributed by atoms with Crippen molar-refractivity contribution in [3.05, 3.63) is 53.5 Å². The lowest BCUT2D eigenvalue weighted by Gasteiger charge is -2.14. The number of urea groups is 1. The number of rotatable bonds is 6. The molecule has 0 atom stereocenters. The Morgan fingerprint density at radius 1 is 1.12 bits per heavy atom. The highest BCUT2D eigenvalue weighted by molar-refractivity contribution is 6.00. The van der Waals surface area contributed by atoms with Gasteiger partial charge in [0.2, 0.25) is 0 Å². The molecule has 1 heterocycles. The van der Waals surface area contributed by atoms with Crippen LogP contribution in [0.2, 0.25) is 0 Å². The average Bonchev–Trinajstić information content (AvgIpc) is 3.04. The van der Waals surface area contributed by atoms with Gasteiger partial charge < -0.3 is 16.4 Å². The molecule has 0 unspecified atom stereocenters. The zero-order chi connectivity index (χ0) is 18.4. The first kappa shape index (κ1) is 17.8. The van der Waals surface area contributed by atoms with Crippen LogP contribution in [0.25, 0.3) is 0 Å². The smallest absolute Gasteiger partial charge is 0.320 e. The van der Waals surface area contributed by atoms with Crippen LogP contribution in [0.3, 0.4) is 0 Å². The predicted molar refractivity (Wildman–Crippen MR) is 97.8 cm³/mol. The Morgan fingerprint density at radius 2 is 1.81 bits per heavy atom. The molecule has 8 nitrogen and oxygen atoms in total. The SMILES string of the molecule is NCCCNC(=O)Nc1nccnc1C(=O)NC1Cc2ccccc2C1. The molecule has 0 aliphatic heterocycles. The summed E-state index contributed by atoms with van der Waals surface area (Å²) in [5.74, 6) is -0.223. The van der Waals surface area contributed by atoms with Crippen molar-refractivity contribution in [3.8, 4) is 0 Å². The minimum absolute atomic E-state index is 0.00753. The van der Waals surface area contributed by atoms with Crippen LogP contribution in [-0.2, 0) is 12.8 Å². The van der Waals surface area contributed by atoms with Crippen LogP contribution in [0.15, 0.2) is 36.7 Å². The summed E-state index contributed by atoms with van der Waals surface area (Å²) in [6.07, 6.45) is 5.09. The Morgan fingerprint density at radius 3 is 2.50 bits per heavy atom. The van der Waals surface area contributed by atoms with Crippen LogP contribution in [0.1, 0.15) is 28.0 Å². The zero-order valence-electron chi connectivity index (χ0n) is 14.4. The van der Waals surface area contributed by atoms with Crippen molar-refractivity contribution in [1.82, 2.24) is 20.6 Å². The minimum atomic E-state index is -0.443. The third kappa shape index (κ3) is 4.34. The quantitative estimate of drug-likeness (QED) is 0.573. The van der Waals surface area contributed by atoms with Gasteiger partial charge in [-0.2, -0.15) is 0 Å². The standard InChI is InChI=1S/C18H22N6O2/c19-6-3-7-22-18(26)24-16-15(20-8-9-21-16)17(25)23-14-10-12-4-1-2-5-13(12)11-14/h1-2,4-5,8-9,14H,3,6-7,10-11,19H2,(H,23,25)(H2,21,22,24,26). The van der Waals surface area contributed by atoms with Gasteiger partial charge in [0.25, 0.3) is 5.91 Å².